The van der Waals surface area contributed by atoms with Crippen LogP contribution in [-0.4, -0.2) is 35.4 Å². The minimum absolute atomic E-state index is 0.0403. The molecule has 0 fully saturated rings. The number of nitrogens with zero attached hydrogens (tertiary/aromatic N) is 6. The van der Waals surface area contributed by atoms with Gasteiger partial charge in [0.15, 0.2) is 17.3 Å². The number of hydrogen-bond donors (Lipinski definition) is 1. The van der Waals surface area contributed by atoms with E-state index in [4.69, 9.17) is 0 Å². The van der Waals surface area contributed by atoms with Crippen LogP contribution in [0.15, 0.2) is 36.5 Å². The molecule has 4 rings (SSSR count). The molecule has 1 aromatic carbocycles. The average molecular weight is 313 g/mol. The van der Waals surface area contributed by atoms with Crippen molar-refractivity contribution in [1.29, 1.82) is 0 Å². The van der Waals surface area contributed by atoms with Crippen LogP contribution in [0.25, 0.3) is 22.6 Å². The molecule has 0 amide bonds. The van der Waals surface area contributed by atoms with Gasteiger partial charge in [-0.25, -0.2) is 23.5 Å². The lowest BCUT2D eigenvalue weighted by Crippen LogP contribution is -2.05. The molecule has 0 aliphatic heterocycles. The Balaban J connectivity index is 1.86. The van der Waals surface area contributed by atoms with Crippen molar-refractivity contribution in [3.8, 4) is 11.5 Å². The van der Waals surface area contributed by atoms with Gasteiger partial charge in [0.05, 0.1) is 11.9 Å². The topological polar surface area (TPSA) is 85.2 Å². The lowest BCUT2D eigenvalue weighted by molar-refractivity contribution is 0.493. The summed E-state index contributed by atoms with van der Waals surface area (Å²) in [4.78, 5) is 4.26. The number of benzene rings is 1. The maximum absolute atomic E-state index is 13.9. The zero-order chi connectivity index (χ0) is 15.8. The first kappa shape index (κ1) is 13.4. The summed E-state index contributed by atoms with van der Waals surface area (Å²) in [6.07, 6.45) is 1.60. The molecule has 0 aliphatic rings. The molecule has 1 N–H and O–H groups in total. The van der Waals surface area contributed by atoms with Crippen LogP contribution in [0, 0.1) is 11.6 Å². The molecule has 0 spiro atoms. The average Bonchev–Trinajstić information content (AvgIpc) is 3.20. The molecule has 4 aromatic rings. The number of halogens is 2. The molecule has 7 nitrogen and oxygen atoms in total. The maximum Gasteiger partial charge on any atom is 0.200 e. The summed E-state index contributed by atoms with van der Waals surface area (Å²) >= 11 is 0. The maximum atomic E-state index is 13.9. The van der Waals surface area contributed by atoms with Crippen molar-refractivity contribution < 1.29 is 8.78 Å². The van der Waals surface area contributed by atoms with E-state index in [-0.39, 0.29) is 12.1 Å². The van der Waals surface area contributed by atoms with Crippen LogP contribution < -0.4 is 0 Å². The molecular weight excluding hydrogens is 304 g/mol. The first-order valence-corrected chi connectivity index (χ1v) is 6.72. The Labute approximate surface area is 128 Å². The summed E-state index contributed by atoms with van der Waals surface area (Å²) in [6.45, 7) is 0.0403. The predicted octanol–water partition coefficient (Wildman–Crippen LogP) is 1.94. The normalized spacial score (nSPS) is 11.2. The van der Waals surface area contributed by atoms with Gasteiger partial charge >= 0.3 is 0 Å². The Kier molecular flexibility index (Phi) is 3.04. The van der Waals surface area contributed by atoms with Gasteiger partial charge in [-0.2, -0.15) is 5.10 Å². The van der Waals surface area contributed by atoms with Crippen molar-refractivity contribution in [2.75, 3.05) is 0 Å². The van der Waals surface area contributed by atoms with Crippen molar-refractivity contribution >= 4 is 11.0 Å². The number of tetrazole rings is 1. The van der Waals surface area contributed by atoms with E-state index in [1.807, 2.05) is 6.07 Å². The summed E-state index contributed by atoms with van der Waals surface area (Å²) < 4.78 is 28.8. The van der Waals surface area contributed by atoms with Crippen LogP contribution in [0.3, 0.4) is 0 Å². The van der Waals surface area contributed by atoms with Gasteiger partial charge in [-0.05, 0) is 28.6 Å². The van der Waals surface area contributed by atoms with E-state index in [2.05, 4.69) is 30.7 Å². The summed E-state index contributed by atoms with van der Waals surface area (Å²) in [5.74, 6) is -1.41. The van der Waals surface area contributed by atoms with Gasteiger partial charge in [-0.1, -0.05) is 12.1 Å². The van der Waals surface area contributed by atoms with Gasteiger partial charge in [-0.15, -0.1) is 5.10 Å². The molecule has 0 aliphatic carbocycles. The van der Waals surface area contributed by atoms with Gasteiger partial charge in [0.2, 0.25) is 5.82 Å². The number of aromatic amines is 1. The van der Waals surface area contributed by atoms with Gasteiger partial charge in [-0.3, -0.25) is 0 Å². The van der Waals surface area contributed by atoms with Crippen molar-refractivity contribution in [2.45, 2.75) is 6.54 Å². The Morgan fingerprint density at radius 3 is 2.87 bits per heavy atom. The number of aromatic nitrogens is 7. The number of hydrogen-bond acceptors (Lipinski definition) is 5. The standard InChI is InChI=1S/C14H9F2N7/c15-10-5-1-3-8(11(10)16)7-23-14-9(4-2-6-17-14)12(20-23)13-18-21-22-19-13/h1-6H,7H2,(H,18,19,21,22). The second-order valence-corrected chi connectivity index (χ2v) is 4.84. The Morgan fingerprint density at radius 2 is 2.04 bits per heavy atom. The highest BCUT2D eigenvalue weighted by Crippen LogP contribution is 2.24. The monoisotopic (exact) mass is 313 g/mol. The van der Waals surface area contributed by atoms with Gasteiger partial charge in [0.25, 0.3) is 0 Å². The molecule has 0 atom stereocenters. The van der Waals surface area contributed by atoms with Gasteiger partial charge in [0.1, 0.15) is 5.69 Å². The predicted molar refractivity (Wildman–Crippen MR) is 76.2 cm³/mol. The van der Waals surface area contributed by atoms with E-state index >= 15 is 0 Å². The molecule has 3 heterocycles. The zero-order valence-corrected chi connectivity index (χ0v) is 11.6. The fraction of sp³-hybridized carbons (Fsp3) is 0.0714. The molecular formula is C14H9F2N7. The summed E-state index contributed by atoms with van der Waals surface area (Å²) in [5, 5.41) is 18.6. The number of H-pyrrole nitrogens is 1. The third kappa shape index (κ3) is 2.22. The largest absolute Gasteiger partial charge is 0.242 e. The van der Waals surface area contributed by atoms with Gasteiger partial charge in [0, 0.05) is 11.8 Å². The van der Waals surface area contributed by atoms with Crippen molar-refractivity contribution in [2.24, 2.45) is 0 Å². The van der Waals surface area contributed by atoms with Crippen molar-refractivity contribution in [3.05, 3.63) is 53.7 Å². The van der Waals surface area contributed by atoms with Crippen LogP contribution in [0.5, 0.6) is 0 Å². The highest BCUT2D eigenvalue weighted by atomic mass is 19.2. The van der Waals surface area contributed by atoms with Crippen LogP contribution in [0.2, 0.25) is 0 Å². The summed E-state index contributed by atoms with van der Waals surface area (Å²) in [6, 6.07) is 7.60. The van der Waals surface area contributed by atoms with E-state index in [0.29, 0.717) is 22.6 Å². The highest BCUT2D eigenvalue weighted by Gasteiger charge is 2.17. The molecule has 0 unspecified atom stereocenters. The molecule has 9 heteroatoms. The second kappa shape index (κ2) is 5.20. The fourth-order valence-corrected chi connectivity index (χ4v) is 2.39. The summed E-state index contributed by atoms with van der Waals surface area (Å²) in [5.41, 5.74) is 1.21. The SMILES string of the molecule is Fc1cccc(Cn2nc(-c3nnn[nH]3)c3cccnc32)c1F. The van der Waals surface area contributed by atoms with E-state index in [9.17, 15) is 8.78 Å². The number of pyridine rings is 1. The second-order valence-electron chi connectivity index (χ2n) is 4.84. The Bertz CT molecular complexity index is 978. The van der Waals surface area contributed by atoms with E-state index in [1.165, 1.54) is 16.8 Å². The van der Waals surface area contributed by atoms with Crippen molar-refractivity contribution in [1.82, 2.24) is 35.4 Å². The molecule has 0 saturated heterocycles. The number of rotatable bonds is 3. The minimum atomic E-state index is -0.897. The smallest absolute Gasteiger partial charge is 0.200 e. The molecule has 0 bridgehead atoms. The summed E-state index contributed by atoms with van der Waals surface area (Å²) in [7, 11) is 0. The minimum Gasteiger partial charge on any atom is -0.242 e. The molecule has 3 aromatic heterocycles. The Hall–Kier alpha value is -3.23. The van der Waals surface area contributed by atoms with Gasteiger partial charge < -0.3 is 0 Å². The number of nitrogens with one attached hydrogen (secondary N) is 1. The highest BCUT2D eigenvalue weighted by molar-refractivity contribution is 5.88. The lowest BCUT2D eigenvalue weighted by Gasteiger charge is -2.05. The Morgan fingerprint density at radius 1 is 1.13 bits per heavy atom. The third-order valence-electron chi connectivity index (χ3n) is 3.43. The van der Waals surface area contributed by atoms with Crippen LogP contribution >= 0.6 is 0 Å². The van der Waals surface area contributed by atoms with Crippen LogP contribution in [0.1, 0.15) is 5.56 Å². The molecule has 23 heavy (non-hydrogen) atoms. The third-order valence-corrected chi connectivity index (χ3v) is 3.43. The first-order valence-electron chi connectivity index (χ1n) is 6.72. The lowest BCUT2D eigenvalue weighted by atomic mass is 10.2. The van der Waals surface area contributed by atoms with Crippen LogP contribution in [-0.2, 0) is 6.54 Å². The van der Waals surface area contributed by atoms with E-state index in [1.54, 1.807) is 12.3 Å². The molecule has 0 saturated carbocycles. The molecule has 114 valence electrons. The zero-order valence-electron chi connectivity index (χ0n) is 11.6. The molecule has 0 radical (unpaired) electrons. The fourth-order valence-electron chi connectivity index (χ4n) is 2.39. The van der Waals surface area contributed by atoms with E-state index in [0.717, 1.165) is 6.07 Å². The van der Waals surface area contributed by atoms with Crippen LogP contribution in [0.4, 0.5) is 8.78 Å². The first-order chi connectivity index (χ1) is 11.2. The van der Waals surface area contributed by atoms with E-state index < -0.39 is 11.6 Å². The van der Waals surface area contributed by atoms with Crippen molar-refractivity contribution in [3.63, 3.8) is 0 Å². The number of fused-ring (bicyclic) bond motifs is 1. The quantitative estimate of drug-likeness (QED) is 0.625.